The van der Waals surface area contributed by atoms with Crippen molar-refractivity contribution in [2.24, 2.45) is 11.1 Å². The first-order valence-corrected chi connectivity index (χ1v) is 6.18. The summed E-state index contributed by atoms with van der Waals surface area (Å²) < 4.78 is 38.0. The predicted octanol–water partition coefficient (Wildman–Crippen LogP) is 2.91. The van der Waals surface area contributed by atoms with Crippen LogP contribution in [0.15, 0.2) is 18.3 Å². The number of hydrogen-bond acceptors (Lipinski definition) is 3. The lowest BCUT2D eigenvalue weighted by Gasteiger charge is -2.32. The first-order chi connectivity index (χ1) is 8.69. The van der Waals surface area contributed by atoms with E-state index in [2.05, 4.69) is 4.98 Å². The topological polar surface area (TPSA) is 42.1 Å². The van der Waals surface area contributed by atoms with E-state index < -0.39 is 11.7 Å². The van der Waals surface area contributed by atoms with Crippen LogP contribution in [-0.2, 0) is 6.18 Å². The molecule has 0 amide bonds. The molecule has 1 aromatic heterocycles. The molecule has 0 radical (unpaired) electrons. The average molecular weight is 275 g/mol. The molecule has 1 heterocycles. The maximum absolute atomic E-state index is 12.7. The van der Waals surface area contributed by atoms with Crippen molar-refractivity contribution in [2.45, 2.75) is 26.9 Å². The second-order valence-electron chi connectivity index (χ2n) is 5.28. The molecule has 19 heavy (non-hydrogen) atoms. The first kappa shape index (κ1) is 15.8. The van der Waals surface area contributed by atoms with Crippen LogP contribution in [-0.4, -0.2) is 24.6 Å². The number of nitrogens with two attached hydrogens (primary N) is 1. The number of halogens is 3. The maximum Gasteiger partial charge on any atom is 0.416 e. The summed E-state index contributed by atoms with van der Waals surface area (Å²) >= 11 is 0. The van der Waals surface area contributed by atoms with Crippen LogP contribution in [0.25, 0.3) is 0 Å². The summed E-state index contributed by atoms with van der Waals surface area (Å²) in [6, 6.07) is 2.06. The Labute approximate surface area is 111 Å². The van der Waals surface area contributed by atoms with Gasteiger partial charge in [-0.2, -0.15) is 13.2 Å². The highest BCUT2D eigenvalue weighted by Crippen LogP contribution is 2.31. The van der Waals surface area contributed by atoms with Crippen molar-refractivity contribution in [1.29, 1.82) is 0 Å². The molecule has 0 atom stereocenters. The van der Waals surface area contributed by atoms with Crippen LogP contribution < -0.4 is 10.6 Å². The van der Waals surface area contributed by atoms with Gasteiger partial charge in [0.25, 0.3) is 0 Å². The van der Waals surface area contributed by atoms with Gasteiger partial charge < -0.3 is 10.6 Å². The minimum Gasteiger partial charge on any atom is -0.356 e. The number of alkyl halides is 3. The molecule has 0 bridgehead atoms. The second kappa shape index (κ2) is 5.77. The Morgan fingerprint density at radius 3 is 2.42 bits per heavy atom. The highest BCUT2D eigenvalue weighted by molar-refractivity contribution is 5.42. The van der Waals surface area contributed by atoms with Gasteiger partial charge in [-0.25, -0.2) is 4.98 Å². The maximum atomic E-state index is 12.7. The van der Waals surface area contributed by atoms with E-state index in [-0.39, 0.29) is 5.41 Å². The highest BCUT2D eigenvalue weighted by Gasteiger charge is 2.31. The fourth-order valence-corrected chi connectivity index (χ4v) is 1.70. The van der Waals surface area contributed by atoms with Crippen molar-refractivity contribution in [3.63, 3.8) is 0 Å². The van der Waals surface area contributed by atoms with Crippen molar-refractivity contribution < 1.29 is 13.2 Å². The Morgan fingerprint density at radius 2 is 1.95 bits per heavy atom. The van der Waals surface area contributed by atoms with Gasteiger partial charge in [-0.05, 0) is 31.0 Å². The van der Waals surface area contributed by atoms with Gasteiger partial charge in [0, 0.05) is 19.3 Å². The molecule has 2 N–H and O–H groups in total. The zero-order valence-corrected chi connectivity index (χ0v) is 11.5. The number of anilines is 1. The molecule has 6 heteroatoms. The van der Waals surface area contributed by atoms with Gasteiger partial charge in [0.1, 0.15) is 5.82 Å². The van der Waals surface area contributed by atoms with Gasteiger partial charge >= 0.3 is 6.18 Å². The molecule has 1 aromatic rings. The van der Waals surface area contributed by atoms with Crippen molar-refractivity contribution in [1.82, 2.24) is 4.98 Å². The zero-order valence-electron chi connectivity index (χ0n) is 11.5. The van der Waals surface area contributed by atoms with Gasteiger partial charge in [0.15, 0.2) is 0 Å². The molecule has 1 rings (SSSR count). The zero-order chi connectivity index (χ0) is 14.7. The third-order valence-electron chi connectivity index (χ3n) is 2.95. The molecule has 0 aliphatic carbocycles. The van der Waals surface area contributed by atoms with E-state index in [0.717, 1.165) is 12.1 Å². The molecule has 0 fully saturated rings. The van der Waals surface area contributed by atoms with Crippen LogP contribution >= 0.6 is 0 Å². The normalized spacial score (nSPS) is 12.6. The molecule has 0 saturated heterocycles. The smallest absolute Gasteiger partial charge is 0.356 e. The molecule has 0 aromatic carbocycles. The minimum atomic E-state index is -4.35. The van der Waals surface area contributed by atoms with E-state index in [1.807, 2.05) is 25.7 Å². The number of hydrogen-bond donors (Lipinski definition) is 1. The third kappa shape index (κ3) is 4.38. The summed E-state index contributed by atoms with van der Waals surface area (Å²) in [6.45, 7) is 7.44. The standard InChI is InChI=1S/C13H20F3N3/c1-4-19(9-12(2,3)8-17)11-7-10(5-6-18-11)13(14,15)16/h5-7H,4,8-9,17H2,1-3H3. The Bertz CT molecular complexity index is 416. The van der Waals surface area contributed by atoms with Crippen molar-refractivity contribution in [3.05, 3.63) is 23.9 Å². The molecular formula is C13H20F3N3. The number of nitrogens with zero attached hydrogens (tertiary/aromatic N) is 2. The summed E-state index contributed by atoms with van der Waals surface area (Å²) in [7, 11) is 0. The molecule has 0 unspecified atom stereocenters. The van der Waals surface area contributed by atoms with E-state index >= 15 is 0 Å². The highest BCUT2D eigenvalue weighted by atomic mass is 19.4. The predicted molar refractivity (Wildman–Crippen MR) is 70.0 cm³/mol. The molecule has 0 aliphatic rings. The van der Waals surface area contributed by atoms with Crippen molar-refractivity contribution in [3.8, 4) is 0 Å². The first-order valence-electron chi connectivity index (χ1n) is 6.18. The van der Waals surface area contributed by atoms with Crippen LogP contribution in [0.1, 0.15) is 26.3 Å². The fourth-order valence-electron chi connectivity index (χ4n) is 1.70. The van der Waals surface area contributed by atoms with Crippen LogP contribution in [0.3, 0.4) is 0 Å². The summed E-state index contributed by atoms with van der Waals surface area (Å²) in [5, 5.41) is 0. The summed E-state index contributed by atoms with van der Waals surface area (Å²) in [5.41, 5.74) is 4.81. The summed E-state index contributed by atoms with van der Waals surface area (Å²) in [4.78, 5) is 5.84. The van der Waals surface area contributed by atoms with Gasteiger partial charge in [-0.15, -0.1) is 0 Å². The minimum absolute atomic E-state index is 0.175. The number of rotatable bonds is 5. The van der Waals surface area contributed by atoms with E-state index in [0.29, 0.717) is 25.5 Å². The monoisotopic (exact) mass is 275 g/mol. The SMILES string of the molecule is CCN(CC(C)(C)CN)c1cc(C(F)(F)F)ccn1. The lowest BCUT2D eigenvalue weighted by molar-refractivity contribution is -0.137. The van der Waals surface area contributed by atoms with Crippen LogP contribution in [0, 0.1) is 5.41 Å². The third-order valence-corrected chi connectivity index (χ3v) is 2.95. The molecule has 0 spiro atoms. The van der Waals surface area contributed by atoms with E-state index in [9.17, 15) is 13.2 Å². The number of pyridine rings is 1. The van der Waals surface area contributed by atoms with Gasteiger partial charge in [-0.3, -0.25) is 0 Å². The molecule has 108 valence electrons. The number of aromatic nitrogens is 1. The molecule has 3 nitrogen and oxygen atoms in total. The van der Waals surface area contributed by atoms with Gasteiger partial charge in [0.05, 0.1) is 5.56 Å². The second-order valence-corrected chi connectivity index (χ2v) is 5.28. The Morgan fingerprint density at radius 1 is 1.32 bits per heavy atom. The van der Waals surface area contributed by atoms with Crippen molar-refractivity contribution in [2.75, 3.05) is 24.5 Å². The molecule has 0 aliphatic heterocycles. The van der Waals surface area contributed by atoms with Crippen molar-refractivity contribution >= 4 is 5.82 Å². The van der Waals surface area contributed by atoms with Crippen LogP contribution in [0.5, 0.6) is 0 Å². The molecular weight excluding hydrogens is 255 g/mol. The fraction of sp³-hybridized carbons (Fsp3) is 0.615. The largest absolute Gasteiger partial charge is 0.416 e. The quantitative estimate of drug-likeness (QED) is 0.898. The van der Waals surface area contributed by atoms with E-state index in [1.165, 1.54) is 6.20 Å². The van der Waals surface area contributed by atoms with Crippen LogP contribution in [0.4, 0.5) is 19.0 Å². The van der Waals surface area contributed by atoms with E-state index in [4.69, 9.17) is 5.73 Å². The Kier molecular flexibility index (Phi) is 4.79. The average Bonchev–Trinajstić information content (AvgIpc) is 2.35. The van der Waals surface area contributed by atoms with Gasteiger partial charge in [0.2, 0.25) is 0 Å². The van der Waals surface area contributed by atoms with E-state index in [1.54, 1.807) is 0 Å². The lowest BCUT2D eigenvalue weighted by atomic mass is 9.93. The Balaban J connectivity index is 3.00. The summed E-state index contributed by atoms with van der Waals surface area (Å²) in [5.74, 6) is 0.332. The molecule has 0 saturated carbocycles. The summed E-state index contributed by atoms with van der Waals surface area (Å²) in [6.07, 6.45) is -3.16. The van der Waals surface area contributed by atoms with Gasteiger partial charge in [-0.1, -0.05) is 13.8 Å². The lowest BCUT2D eigenvalue weighted by Crippen LogP contribution is -2.39. The Hall–Kier alpha value is -1.30. The van der Waals surface area contributed by atoms with Crippen LogP contribution in [0.2, 0.25) is 0 Å².